The zero-order valence-electron chi connectivity index (χ0n) is 25.9. The molecule has 0 saturated carbocycles. The van der Waals surface area contributed by atoms with E-state index in [0.29, 0.717) is 60.7 Å². The summed E-state index contributed by atoms with van der Waals surface area (Å²) in [5, 5.41) is 25.0. The van der Waals surface area contributed by atoms with E-state index in [-0.39, 0.29) is 34.5 Å². The van der Waals surface area contributed by atoms with Gasteiger partial charge in [-0.2, -0.15) is 0 Å². The Balaban J connectivity index is 0.905. The Bertz CT molecular complexity index is 1930. The fourth-order valence-corrected chi connectivity index (χ4v) is 7.81. The van der Waals surface area contributed by atoms with E-state index in [9.17, 15) is 24.2 Å². The van der Waals surface area contributed by atoms with Crippen LogP contribution in [0.3, 0.4) is 0 Å². The molecule has 0 radical (unpaired) electrons. The molecule has 1 atom stereocenters. The maximum Gasteiger partial charge on any atom is 0.305 e. The van der Waals surface area contributed by atoms with Crippen LogP contribution in [-0.2, 0) is 17.7 Å². The van der Waals surface area contributed by atoms with Crippen molar-refractivity contribution in [3.05, 3.63) is 98.5 Å². The van der Waals surface area contributed by atoms with Crippen molar-refractivity contribution in [3.63, 3.8) is 0 Å². The number of aromatic nitrogens is 2. The van der Waals surface area contributed by atoms with E-state index < -0.39 is 6.10 Å². The second-order valence-electron chi connectivity index (χ2n) is 12.6. The van der Waals surface area contributed by atoms with Crippen LogP contribution in [0.2, 0.25) is 0 Å². The van der Waals surface area contributed by atoms with Gasteiger partial charge in [-0.25, -0.2) is 4.39 Å². The van der Waals surface area contributed by atoms with Crippen LogP contribution in [0.25, 0.3) is 21.1 Å². The first-order chi connectivity index (χ1) is 22.7. The predicted octanol–water partition coefficient (Wildman–Crippen LogP) is 4.29. The number of thiazole rings is 1. The fraction of sp³-hybridized carbons (Fsp3) is 0.371. The van der Waals surface area contributed by atoms with Gasteiger partial charge >= 0.3 is 4.87 Å². The number of nitrogens with zero attached hydrogens (tertiary/aromatic N) is 2. The first-order valence-corrected chi connectivity index (χ1v) is 16.8. The summed E-state index contributed by atoms with van der Waals surface area (Å²) in [4.78, 5) is 34.9. The lowest BCUT2D eigenvalue weighted by molar-refractivity contribution is -0.128. The van der Waals surface area contributed by atoms with Crippen LogP contribution in [0.1, 0.15) is 46.1 Å². The van der Waals surface area contributed by atoms with Crippen LogP contribution in [0.4, 0.5) is 4.39 Å². The monoisotopic (exact) mass is 659 g/mol. The Labute approximate surface area is 274 Å². The van der Waals surface area contributed by atoms with Gasteiger partial charge in [-0.15, -0.1) is 0 Å². The molecule has 3 aromatic carbocycles. The van der Waals surface area contributed by atoms with Gasteiger partial charge in [0.25, 0.3) is 5.91 Å². The molecule has 47 heavy (non-hydrogen) atoms. The van der Waals surface area contributed by atoms with Crippen LogP contribution in [0.5, 0.6) is 5.75 Å². The zero-order valence-corrected chi connectivity index (χ0v) is 26.7. The number of phenolic OH excluding ortho intramolecular Hbond substituents is 1. The van der Waals surface area contributed by atoms with E-state index in [4.69, 9.17) is 4.74 Å². The molecule has 0 bridgehead atoms. The molecule has 2 aliphatic heterocycles. The average molecular weight is 660 g/mol. The van der Waals surface area contributed by atoms with Gasteiger partial charge in [0.2, 0.25) is 0 Å². The van der Waals surface area contributed by atoms with Crippen LogP contribution in [0, 0.1) is 5.82 Å². The van der Waals surface area contributed by atoms with Gasteiger partial charge in [-0.1, -0.05) is 41.7 Å². The van der Waals surface area contributed by atoms with Gasteiger partial charge in [0, 0.05) is 49.2 Å². The first kappa shape index (κ1) is 31.5. The third kappa shape index (κ3) is 6.83. The molecular formula is C35H38FN5O5S. The number of carbonyl (C=O) groups is 1. The average Bonchev–Trinajstić information content (AvgIpc) is 3.68. The third-order valence-electron chi connectivity index (χ3n) is 9.36. The maximum atomic E-state index is 14.6. The van der Waals surface area contributed by atoms with Crippen molar-refractivity contribution in [2.75, 3.05) is 45.9 Å². The minimum absolute atomic E-state index is 0.000698. The minimum Gasteiger partial charge on any atom is -0.506 e. The summed E-state index contributed by atoms with van der Waals surface area (Å²) in [6.07, 6.45) is 1.30. The molecule has 5 N–H and O–H groups in total. The Morgan fingerprint density at radius 1 is 1.06 bits per heavy atom. The van der Waals surface area contributed by atoms with E-state index >= 15 is 0 Å². The topological polar surface area (TPSA) is 134 Å². The van der Waals surface area contributed by atoms with Crippen LogP contribution >= 0.6 is 11.3 Å². The van der Waals surface area contributed by atoms with E-state index in [0.717, 1.165) is 59.3 Å². The van der Waals surface area contributed by atoms with Crippen molar-refractivity contribution in [2.24, 2.45) is 0 Å². The molecule has 2 fully saturated rings. The van der Waals surface area contributed by atoms with E-state index in [1.54, 1.807) is 18.2 Å². The fourth-order valence-electron chi connectivity index (χ4n) is 6.89. The van der Waals surface area contributed by atoms with Crippen molar-refractivity contribution in [1.82, 2.24) is 25.1 Å². The third-order valence-corrected chi connectivity index (χ3v) is 10.3. The number of H-pyrrole nitrogens is 2. The summed E-state index contributed by atoms with van der Waals surface area (Å²) >= 11 is 0.953. The maximum absolute atomic E-state index is 14.6. The van der Waals surface area contributed by atoms with Crippen molar-refractivity contribution in [1.29, 1.82) is 0 Å². The Hall–Kier alpha value is -4.07. The molecule has 2 aliphatic rings. The highest BCUT2D eigenvalue weighted by molar-refractivity contribution is 7.16. The zero-order chi connectivity index (χ0) is 32.5. The number of hydrogen-bond donors (Lipinski definition) is 5. The summed E-state index contributed by atoms with van der Waals surface area (Å²) in [6, 6.07) is 18.0. The number of piperidine rings is 1. The highest BCUT2D eigenvalue weighted by Gasteiger charge is 2.41. The number of aliphatic hydroxyl groups excluding tert-OH is 1. The van der Waals surface area contributed by atoms with Gasteiger partial charge < -0.3 is 35.1 Å². The number of morpholine rings is 1. The number of nitrogens with one attached hydrogen (secondary N) is 3. The number of halogens is 1. The minimum atomic E-state index is -0.873. The number of hydrogen-bond acceptors (Lipinski definition) is 8. The largest absolute Gasteiger partial charge is 0.506 e. The number of carbonyl (C=O) groups excluding carboxylic acids is 1. The smallest absolute Gasteiger partial charge is 0.305 e. The number of phenols is 1. The van der Waals surface area contributed by atoms with Crippen molar-refractivity contribution in [3.8, 4) is 5.75 Å². The number of aliphatic hydroxyl groups is 1. The molecule has 4 heterocycles. The molecule has 2 saturated heterocycles. The van der Waals surface area contributed by atoms with Gasteiger partial charge in [-0.05, 0) is 67.3 Å². The Morgan fingerprint density at radius 3 is 2.70 bits per heavy atom. The summed E-state index contributed by atoms with van der Waals surface area (Å²) in [6.45, 7) is 4.62. The molecule has 10 nitrogen and oxygen atoms in total. The second-order valence-corrected chi connectivity index (χ2v) is 13.6. The lowest BCUT2D eigenvalue weighted by atomic mass is 9.89. The van der Waals surface area contributed by atoms with Crippen molar-refractivity contribution >= 4 is 38.4 Å². The molecule has 2 aromatic heterocycles. The van der Waals surface area contributed by atoms with Gasteiger partial charge in [0.05, 0.1) is 29.6 Å². The van der Waals surface area contributed by atoms with Crippen LogP contribution in [0.15, 0.2) is 65.5 Å². The molecule has 0 aliphatic carbocycles. The SMILES string of the molecule is O=C(c1cc2ccccc2[nH]1)N1CCOC2(CCN(Cc3cc(F)cc(CCNCC(O)c4ccc(O)c5[nH]c(=O)sc45)c3)CC2)C1. The molecular weight excluding hydrogens is 621 g/mol. The molecule has 12 heteroatoms. The normalized spacial score (nSPS) is 17.5. The van der Waals surface area contributed by atoms with Crippen molar-refractivity contribution < 1.29 is 24.1 Å². The quantitative estimate of drug-likeness (QED) is 0.149. The van der Waals surface area contributed by atoms with Gasteiger partial charge in [0.15, 0.2) is 0 Å². The lowest BCUT2D eigenvalue weighted by Gasteiger charge is -2.47. The second kappa shape index (κ2) is 13.2. The van der Waals surface area contributed by atoms with E-state index in [1.807, 2.05) is 41.3 Å². The molecule has 1 amide bonds. The molecule has 5 aromatic rings. The number of ether oxygens (including phenoxy) is 1. The highest BCUT2D eigenvalue weighted by Crippen LogP contribution is 2.33. The van der Waals surface area contributed by atoms with Crippen LogP contribution in [-0.4, -0.2) is 87.4 Å². The molecule has 7 rings (SSSR count). The number of rotatable bonds is 9. The summed E-state index contributed by atoms with van der Waals surface area (Å²) in [7, 11) is 0. The van der Waals surface area contributed by atoms with Crippen LogP contribution < -0.4 is 10.2 Å². The molecule has 246 valence electrons. The summed E-state index contributed by atoms with van der Waals surface area (Å²) in [5.41, 5.74) is 3.86. The highest BCUT2D eigenvalue weighted by atomic mass is 32.1. The van der Waals surface area contributed by atoms with Crippen molar-refractivity contribution in [2.45, 2.75) is 37.5 Å². The number of amides is 1. The van der Waals surface area contributed by atoms with E-state index in [1.165, 1.54) is 6.07 Å². The predicted molar refractivity (Wildman–Crippen MR) is 179 cm³/mol. The Morgan fingerprint density at radius 2 is 1.87 bits per heavy atom. The number of fused-ring (bicyclic) bond motifs is 2. The van der Waals surface area contributed by atoms with Gasteiger partial charge in [-0.3, -0.25) is 14.5 Å². The van der Waals surface area contributed by atoms with E-state index in [2.05, 4.69) is 20.2 Å². The Kier molecular flexibility index (Phi) is 8.86. The lowest BCUT2D eigenvalue weighted by Crippen LogP contribution is -2.58. The molecule has 1 spiro atoms. The standard InChI is InChI=1S/C35H38FN5O5S/c36-25-16-22(7-10-37-19-30(43)26-5-6-29(42)31-32(26)47-34(45)39-31)15-23(17-25)20-40-11-8-35(9-12-40)21-41(13-14-46-35)33(44)28-18-24-3-1-2-4-27(24)38-28/h1-6,15-18,30,37-38,42-43H,7-14,19-21H2,(H,39,45). The number of aromatic amines is 2. The number of aromatic hydroxyl groups is 1. The first-order valence-electron chi connectivity index (χ1n) is 16.0. The number of para-hydroxylation sites is 1. The number of likely N-dealkylation sites (tertiary alicyclic amines) is 1. The summed E-state index contributed by atoms with van der Waals surface area (Å²) < 4.78 is 21.5. The summed E-state index contributed by atoms with van der Waals surface area (Å²) in [5.74, 6) is -0.308. The van der Waals surface area contributed by atoms with Gasteiger partial charge in [0.1, 0.15) is 22.8 Å². The number of benzene rings is 3. The molecule has 1 unspecified atom stereocenters.